The Hall–Kier alpha value is -3.20. The Morgan fingerprint density at radius 3 is 2.30 bits per heavy atom. The maximum absolute atomic E-state index is 12.9. The van der Waals surface area contributed by atoms with Crippen molar-refractivity contribution < 1.29 is 23.9 Å². The fraction of sp³-hybridized carbons (Fsp3) is 0.350. The summed E-state index contributed by atoms with van der Waals surface area (Å²) in [5.41, 5.74) is 0.585. The van der Waals surface area contributed by atoms with Crippen LogP contribution in [-0.4, -0.2) is 55.4 Å². The first-order valence-corrected chi connectivity index (χ1v) is 9.66. The number of benzene rings is 1. The minimum atomic E-state index is -0.624. The van der Waals surface area contributed by atoms with Crippen molar-refractivity contribution in [2.75, 3.05) is 37.5 Å². The highest BCUT2D eigenvalue weighted by Gasteiger charge is 2.27. The molecule has 2 heterocycles. The molecule has 30 heavy (non-hydrogen) atoms. The van der Waals surface area contributed by atoms with Gasteiger partial charge in [-0.15, -0.1) is 10.2 Å². The second-order valence-electron chi connectivity index (χ2n) is 6.77. The molecule has 0 bridgehead atoms. The predicted octanol–water partition coefficient (Wildman–Crippen LogP) is 2.56. The molecule has 1 atom stereocenters. The average molecular weight is 433 g/mol. The van der Waals surface area contributed by atoms with Gasteiger partial charge >= 0.3 is 11.9 Å². The Kier molecular flexibility index (Phi) is 6.83. The molecule has 0 spiro atoms. The molecule has 0 aliphatic carbocycles. The Labute approximate surface area is 178 Å². The lowest BCUT2D eigenvalue weighted by Crippen LogP contribution is -2.41. The predicted molar refractivity (Wildman–Crippen MR) is 110 cm³/mol. The number of piperidine rings is 1. The molecule has 9 nitrogen and oxygen atoms in total. The molecule has 1 amide bonds. The smallest absolute Gasteiger partial charge is 0.337 e. The molecule has 1 aromatic heterocycles. The zero-order valence-electron chi connectivity index (χ0n) is 16.6. The molecular weight excluding hydrogens is 412 g/mol. The van der Waals surface area contributed by atoms with E-state index in [9.17, 15) is 14.4 Å². The monoisotopic (exact) mass is 432 g/mol. The fourth-order valence-corrected chi connectivity index (χ4v) is 3.39. The van der Waals surface area contributed by atoms with Gasteiger partial charge in [0.1, 0.15) is 0 Å². The summed E-state index contributed by atoms with van der Waals surface area (Å²) in [5, 5.41) is 11.0. The van der Waals surface area contributed by atoms with Gasteiger partial charge in [0.05, 0.1) is 31.3 Å². The second-order valence-corrected chi connectivity index (χ2v) is 7.16. The van der Waals surface area contributed by atoms with E-state index in [1.165, 1.54) is 32.4 Å². The number of carbonyl (C=O) groups excluding carboxylic acids is 3. The number of hydrogen-bond donors (Lipinski definition) is 1. The van der Waals surface area contributed by atoms with E-state index in [2.05, 4.69) is 15.5 Å². The topological polar surface area (TPSA) is 111 Å². The number of rotatable bonds is 5. The Morgan fingerprint density at radius 1 is 1.07 bits per heavy atom. The molecule has 1 fully saturated rings. The van der Waals surface area contributed by atoms with Crippen LogP contribution in [0.5, 0.6) is 0 Å². The van der Waals surface area contributed by atoms with Gasteiger partial charge in [-0.3, -0.25) is 4.79 Å². The summed E-state index contributed by atoms with van der Waals surface area (Å²) in [4.78, 5) is 38.7. The minimum Gasteiger partial charge on any atom is -0.465 e. The summed E-state index contributed by atoms with van der Waals surface area (Å²) in [6, 6.07) is 7.69. The number of aromatic nitrogens is 2. The van der Waals surface area contributed by atoms with Crippen molar-refractivity contribution in [1.29, 1.82) is 0 Å². The van der Waals surface area contributed by atoms with E-state index in [0.29, 0.717) is 29.6 Å². The van der Waals surface area contributed by atoms with Crippen LogP contribution in [0.15, 0.2) is 30.3 Å². The lowest BCUT2D eigenvalue weighted by molar-refractivity contribution is -0.120. The number of ether oxygens (including phenoxy) is 2. The first-order valence-electron chi connectivity index (χ1n) is 9.28. The molecule has 1 aliphatic heterocycles. The van der Waals surface area contributed by atoms with E-state index < -0.39 is 11.9 Å². The number of halogens is 1. The van der Waals surface area contributed by atoms with E-state index in [-0.39, 0.29) is 23.0 Å². The fourth-order valence-electron chi connectivity index (χ4n) is 3.29. The number of carbonyl (C=O) groups is 3. The number of anilines is 2. The van der Waals surface area contributed by atoms with Gasteiger partial charge in [0.15, 0.2) is 11.0 Å². The van der Waals surface area contributed by atoms with Crippen LogP contribution in [0.4, 0.5) is 11.5 Å². The summed E-state index contributed by atoms with van der Waals surface area (Å²) >= 11 is 5.79. The molecule has 1 aromatic carbocycles. The SMILES string of the molecule is COC(=O)c1cc(NC(=O)[C@@H]2CCCN(c3ccc(Cl)nn3)C2)cc(C(=O)OC)c1. The van der Waals surface area contributed by atoms with Crippen LogP contribution < -0.4 is 10.2 Å². The third-order valence-corrected chi connectivity index (χ3v) is 4.98. The maximum atomic E-state index is 12.9. The van der Waals surface area contributed by atoms with Crippen molar-refractivity contribution in [3.8, 4) is 0 Å². The average Bonchev–Trinajstić information content (AvgIpc) is 2.78. The molecule has 0 radical (unpaired) electrons. The van der Waals surface area contributed by atoms with E-state index in [1.54, 1.807) is 12.1 Å². The highest BCUT2D eigenvalue weighted by molar-refractivity contribution is 6.29. The van der Waals surface area contributed by atoms with Gasteiger partial charge in [0.25, 0.3) is 0 Å². The van der Waals surface area contributed by atoms with E-state index >= 15 is 0 Å². The zero-order chi connectivity index (χ0) is 21.7. The van der Waals surface area contributed by atoms with Gasteiger partial charge in [-0.2, -0.15) is 0 Å². The third-order valence-electron chi connectivity index (χ3n) is 4.78. The van der Waals surface area contributed by atoms with Gasteiger partial charge in [0.2, 0.25) is 5.91 Å². The van der Waals surface area contributed by atoms with Gasteiger partial charge in [-0.25, -0.2) is 9.59 Å². The molecule has 1 saturated heterocycles. The molecule has 2 aromatic rings. The summed E-state index contributed by atoms with van der Waals surface area (Å²) in [6.45, 7) is 1.22. The lowest BCUT2D eigenvalue weighted by Gasteiger charge is -2.32. The molecule has 1 N–H and O–H groups in total. The molecule has 3 rings (SSSR count). The zero-order valence-corrected chi connectivity index (χ0v) is 17.3. The summed E-state index contributed by atoms with van der Waals surface area (Å²) < 4.78 is 9.44. The lowest BCUT2D eigenvalue weighted by atomic mass is 9.97. The van der Waals surface area contributed by atoms with Crippen molar-refractivity contribution in [3.63, 3.8) is 0 Å². The van der Waals surface area contributed by atoms with Crippen LogP contribution in [0.3, 0.4) is 0 Å². The largest absolute Gasteiger partial charge is 0.465 e. The van der Waals surface area contributed by atoms with E-state index in [0.717, 1.165) is 13.0 Å². The van der Waals surface area contributed by atoms with E-state index in [1.807, 2.05) is 4.90 Å². The first-order chi connectivity index (χ1) is 14.4. The number of hydrogen-bond acceptors (Lipinski definition) is 8. The summed E-state index contributed by atoms with van der Waals surface area (Å²) in [7, 11) is 2.48. The number of esters is 2. The quantitative estimate of drug-likeness (QED) is 0.717. The molecule has 0 saturated carbocycles. The maximum Gasteiger partial charge on any atom is 0.337 e. The van der Waals surface area contributed by atoms with E-state index in [4.69, 9.17) is 21.1 Å². The molecular formula is C20H21ClN4O5. The Balaban J connectivity index is 1.76. The Bertz CT molecular complexity index is 916. The Morgan fingerprint density at radius 2 is 1.73 bits per heavy atom. The second kappa shape index (κ2) is 9.53. The van der Waals surface area contributed by atoms with Crippen molar-refractivity contribution in [1.82, 2.24) is 10.2 Å². The van der Waals surface area contributed by atoms with Gasteiger partial charge in [-0.1, -0.05) is 11.6 Å². The highest BCUT2D eigenvalue weighted by atomic mass is 35.5. The minimum absolute atomic E-state index is 0.136. The number of amides is 1. The standard InChI is InChI=1S/C20H21ClN4O5/c1-29-19(27)13-8-14(20(28)30-2)10-15(9-13)22-18(26)12-4-3-7-25(11-12)17-6-5-16(21)23-24-17/h5-6,8-10,12H,3-4,7,11H2,1-2H3,(H,22,26)/t12-/m1/s1. The van der Waals surface area contributed by atoms with Crippen molar-refractivity contribution in [2.45, 2.75) is 12.8 Å². The van der Waals surface area contributed by atoms with Crippen LogP contribution in [-0.2, 0) is 14.3 Å². The summed E-state index contributed by atoms with van der Waals surface area (Å²) in [6.07, 6.45) is 1.50. The van der Waals surface area contributed by atoms with Gasteiger partial charge in [-0.05, 0) is 43.2 Å². The van der Waals surface area contributed by atoms with Crippen molar-refractivity contribution in [3.05, 3.63) is 46.6 Å². The molecule has 10 heteroatoms. The number of methoxy groups -OCH3 is 2. The van der Waals surface area contributed by atoms with Crippen molar-refractivity contribution >= 4 is 41.0 Å². The van der Waals surface area contributed by atoms with Crippen LogP contribution in [0.25, 0.3) is 0 Å². The third kappa shape index (κ3) is 5.04. The molecule has 158 valence electrons. The van der Waals surface area contributed by atoms with Gasteiger partial charge in [0, 0.05) is 18.8 Å². The number of nitrogens with one attached hydrogen (secondary N) is 1. The van der Waals surface area contributed by atoms with Crippen LogP contribution >= 0.6 is 11.6 Å². The highest BCUT2D eigenvalue weighted by Crippen LogP contribution is 2.24. The number of nitrogens with zero attached hydrogens (tertiary/aromatic N) is 3. The summed E-state index contributed by atoms with van der Waals surface area (Å²) in [5.74, 6) is -1.13. The van der Waals surface area contributed by atoms with Crippen molar-refractivity contribution in [2.24, 2.45) is 5.92 Å². The van der Waals surface area contributed by atoms with Crippen LogP contribution in [0.1, 0.15) is 33.6 Å². The normalized spacial score (nSPS) is 16.0. The van der Waals surface area contributed by atoms with Crippen LogP contribution in [0, 0.1) is 5.92 Å². The van der Waals surface area contributed by atoms with Gasteiger partial charge < -0.3 is 19.7 Å². The van der Waals surface area contributed by atoms with Crippen LogP contribution in [0.2, 0.25) is 5.15 Å². The molecule has 0 unspecified atom stereocenters. The first kappa shape index (κ1) is 21.5. The molecule has 1 aliphatic rings.